The van der Waals surface area contributed by atoms with Crippen molar-refractivity contribution in [3.05, 3.63) is 107 Å². The molecule has 9 nitrogen and oxygen atoms in total. The maximum Gasteiger partial charge on any atom is 0.416 e. The van der Waals surface area contributed by atoms with E-state index >= 15 is 0 Å². The Balaban J connectivity index is 1.21. The molecule has 51 heavy (non-hydrogen) atoms. The Bertz CT molecular complexity index is 1820. The van der Waals surface area contributed by atoms with Gasteiger partial charge in [-0.15, -0.1) is 0 Å². The van der Waals surface area contributed by atoms with Crippen molar-refractivity contribution in [1.29, 1.82) is 0 Å². The number of amides is 2. The first-order chi connectivity index (χ1) is 24.6. The Hall–Kier alpha value is -4.94. The number of rotatable bonds is 11. The van der Waals surface area contributed by atoms with Crippen LogP contribution in [-0.4, -0.2) is 86.1 Å². The van der Waals surface area contributed by atoms with Crippen LogP contribution in [0.4, 0.5) is 24.5 Å². The number of hydrogen-bond donors (Lipinski definition) is 1. The van der Waals surface area contributed by atoms with Crippen LogP contribution in [0.25, 0.3) is 11.3 Å². The normalized spacial score (nSPS) is 15.3. The van der Waals surface area contributed by atoms with Gasteiger partial charge in [0.2, 0.25) is 0 Å². The number of halogens is 3. The molecule has 12 heteroatoms. The van der Waals surface area contributed by atoms with E-state index in [1.807, 2.05) is 18.2 Å². The van der Waals surface area contributed by atoms with Crippen molar-refractivity contribution in [3.63, 3.8) is 0 Å². The Morgan fingerprint density at radius 1 is 0.902 bits per heavy atom. The number of nitrogens with one attached hydrogen (secondary N) is 1. The number of benzene rings is 3. The molecule has 0 radical (unpaired) electrons. The van der Waals surface area contributed by atoms with Crippen molar-refractivity contribution in [3.8, 4) is 17.0 Å². The van der Waals surface area contributed by atoms with E-state index in [9.17, 15) is 22.8 Å². The van der Waals surface area contributed by atoms with Crippen LogP contribution >= 0.6 is 0 Å². The molecule has 2 aliphatic rings. The molecule has 0 aliphatic carbocycles. The molecule has 0 saturated carbocycles. The van der Waals surface area contributed by atoms with E-state index in [-0.39, 0.29) is 18.4 Å². The Labute approximate surface area is 296 Å². The molecule has 1 aromatic heterocycles. The maximum atomic E-state index is 13.7. The lowest BCUT2D eigenvalue weighted by atomic mass is 10.0. The van der Waals surface area contributed by atoms with Gasteiger partial charge in [-0.25, -0.2) is 0 Å². The van der Waals surface area contributed by atoms with E-state index in [2.05, 4.69) is 20.1 Å². The van der Waals surface area contributed by atoms with Crippen LogP contribution in [0.3, 0.4) is 0 Å². The molecule has 2 saturated heterocycles. The molecule has 2 amide bonds. The Kier molecular flexibility index (Phi) is 11.5. The first-order valence-electron chi connectivity index (χ1n) is 17.3. The van der Waals surface area contributed by atoms with Gasteiger partial charge in [0.05, 0.1) is 30.2 Å². The van der Waals surface area contributed by atoms with E-state index in [1.54, 1.807) is 60.6 Å². The van der Waals surface area contributed by atoms with Gasteiger partial charge in [0.1, 0.15) is 12.4 Å². The zero-order valence-electron chi connectivity index (χ0n) is 28.6. The number of hydrogen-bond acceptors (Lipinski definition) is 7. The summed E-state index contributed by atoms with van der Waals surface area (Å²) in [4.78, 5) is 37.8. The summed E-state index contributed by atoms with van der Waals surface area (Å²) in [7, 11) is 1.76. The van der Waals surface area contributed by atoms with Crippen molar-refractivity contribution in [2.24, 2.45) is 0 Å². The summed E-state index contributed by atoms with van der Waals surface area (Å²) in [5, 5.41) is 3.03. The van der Waals surface area contributed by atoms with Crippen molar-refractivity contribution in [2.75, 3.05) is 69.7 Å². The zero-order chi connectivity index (χ0) is 35.8. The largest absolute Gasteiger partial charge is 0.489 e. The van der Waals surface area contributed by atoms with Crippen molar-refractivity contribution >= 4 is 23.2 Å². The fraction of sp³-hybridized carbons (Fsp3) is 0.359. The molecule has 0 bridgehead atoms. The lowest BCUT2D eigenvalue weighted by molar-refractivity contribution is -0.137. The number of aromatic nitrogens is 1. The molecule has 4 aromatic rings. The summed E-state index contributed by atoms with van der Waals surface area (Å²) in [6.45, 7) is 6.12. The van der Waals surface area contributed by atoms with Crippen LogP contribution in [0.1, 0.15) is 51.1 Å². The first kappa shape index (κ1) is 35.9. The molecule has 0 atom stereocenters. The summed E-state index contributed by atoms with van der Waals surface area (Å²) in [6, 6.07) is 20.9. The number of alkyl halides is 3. The fourth-order valence-corrected chi connectivity index (χ4v) is 6.28. The lowest BCUT2D eigenvalue weighted by Gasteiger charge is -2.29. The van der Waals surface area contributed by atoms with Gasteiger partial charge >= 0.3 is 6.18 Å². The van der Waals surface area contributed by atoms with Crippen molar-refractivity contribution in [1.82, 2.24) is 14.8 Å². The highest BCUT2D eigenvalue weighted by molar-refractivity contribution is 6.08. The quantitative estimate of drug-likeness (QED) is 0.180. The Morgan fingerprint density at radius 2 is 1.67 bits per heavy atom. The molecular formula is C39H42F3N5O4. The highest BCUT2D eigenvalue weighted by Gasteiger charge is 2.30. The molecule has 3 heterocycles. The van der Waals surface area contributed by atoms with Crippen LogP contribution in [0.2, 0.25) is 0 Å². The molecule has 3 aromatic carbocycles. The van der Waals surface area contributed by atoms with Crippen LogP contribution < -0.4 is 15.0 Å². The summed E-state index contributed by atoms with van der Waals surface area (Å²) in [5.41, 5.74) is 3.09. The van der Waals surface area contributed by atoms with Crippen molar-refractivity contribution in [2.45, 2.75) is 32.0 Å². The molecule has 0 spiro atoms. The minimum atomic E-state index is -4.45. The monoisotopic (exact) mass is 701 g/mol. The molecule has 1 N–H and O–H groups in total. The predicted octanol–water partition coefficient (Wildman–Crippen LogP) is 6.99. The fourth-order valence-electron chi connectivity index (χ4n) is 6.28. The highest BCUT2D eigenvalue weighted by Crippen LogP contribution is 2.35. The van der Waals surface area contributed by atoms with Crippen LogP contribution in [0, 0.1) is 0 Å². The van der Waals surface area contributed by atoms with Gasteiger partial charge in [0.25, 0.3) is 11.8 Å². The number of pyridine rings is 1. The van der Waals surface area contributed by atoms with Crippen LogP contribution in [-0.2, 0) is 17.5 Å². The highest BCUT2D eigenvalue weighted by atomic mass is 19.4. The van der Waals surface area contributed by atoms with E-state index in [0.29, 0.717) is 59.1 Å². The molecular weight excluding hydrogens is 659 g/mol. The summed E-state index contributed by atoms with van der Waals surface area (Å²) in [6.07, 6.45) is 0.470. The molecule has 268 valence electrons. The van der Waals surface area contributed by atoms with E-state index in [0.717, 1.165) is 63.4 Å². The van der Waals surface area contributed by atoms with E-state index in [1.165, 1.54) is 12.5 Å². The van der Waals surface area contributed by atoms with E-state index < -0.39 is 11.7 Å². The number of carbonyl (C=O) groups excluding carboxylic acids is 2. The third-order valence-electron chi connectivity index (χ3n) is 9.21. The minimum absolute atomic E-state index is 0.0672. The van der Waals surface area contributed by atoms with Gasteiger partial charge in [-0.1, -0.05) is 18.2 Å². The van der Waals surface area contributed by atoms with Crippen LogP contribution in [0.15, 0.2) is 85.1 Å². The molecule has 6 rings (SSSR count). The van der Waals surface area contributed by atoms with Gasteiger partial charge in [-0.3, -0.25) is 19.5 Å². The summed E-state index contributed by atoms with van der Waals surface area (Å²) < 4.78 is 51.1. The maximum absolute atomic E-state index is 13.7. The molecule has 2 aliphatic heterocycles. The predicted molar refractivity (Wildman–Crippen MR) is 190 cm³/mol. The van der Waals surface area contributed by atoms with Gasteiger partial charge in [0, 0.05) is 81.0 Å². The van der Waals surface area contributed by atoms with Gasteiger partial charge in [-0.05, 0) is 79.4 Å². The van der Waals surface area contributed by atoms with Gasteiger partial charge in [-0.2, -0.15) is 13.2 Å². The summed E-state index contributed by atoms with van der Waals surface area (Å²) in [5.74, 6) is -0.137. The number of nitrogens with zero attached hydrogens (tertiary/aromatic N) is 4. The standard InChI is InChI=1S/C39H42F3N5O4/c1-45(17-18-46-19-21-50-22-20-46)38(49)30-9-6-8-29(24-30)37(48)44-35-12-11-32(47-15-3-2-4-16-47)25-34(35)36-26-33(13-14-43-36)51-27-28-7-5-10-31(23-28)39(40,41)42/h5-14,23-26H,2-4,15-22,27H2,1H3,(H,44,48). The second kappa shape index (κ2) is 16.4. The number of carbonyl (C=O) groups is 2. The lowest BCUT2D eigenvalue weighted by Crippen LogP contribution is -2.41. The Morgan fingerprint density at radius 3 is 2.45 bits per heavy atom. The second-order valence-corrected chi connectivity index (χ2v) is 12.9. The van der Waals surface area contributed by atoms with Crippen molar-refractivity contribution < 1.29 is 32.2 Å². The number of piperidine rings is 1. The summed E-state index contributed by atoms with van der Waals surface area (Å²) >= 11 is 0. The second-order valence-electron chi connectivity index (χ2n) is 12.9. The zero-order valence-corrected chi connectivity index (χ0v) is 28.6. The number of ether oxygens (including phenoxy) is 2. The third kappa shape index (κ3) is 9.44. The van der Waals surface area contributed by atoms with E-state index in [4.69, 9.17) is 9.47 Å². The number of anilines is 2. The first-order valence-corrected chi connectivity index (χ1v) is 17.3. The molecule has 0 unspecified atom stereocenters. The third-order valence-corrected chi connectivity index (χ3v) is 9.21. The average Bonchev–Trinajstić information content (AvgIpc) is 3.16. The van der Waals surface area contributed by atoms with Gasteiger partial charge in [0.15, 0.2) is 0 Å². The van der Waals surface area contributed by atoms with Gasteiger partial charge < -0.3 is 24.6 Å². The SMILES string of the molecule is CN(CCN1CCOCC1)C(=O)c1cccc(C(=O)Nc2ccc(N3CCCCC3)cc2-c2cc(OCc3cccc(C(F)(F)F)c3)ccn2)c1. The minimum Gasteiger partial charge on any atom is -0.489 e. The number of likely N-dealkylation sites (N-methyl/N-ethyl adjacent to an activating group) is 1. The average molecular weight is 702 g/mol. The molecule has 2 fully saturated rings. The topological polar surface area (TPSA) is 87.2 Å². The number of morpholine rings is 1. The van der Waals surface area contributed by atoms with Crippen LogP contribution in [0.5, 0.6) is 5.75 Å². The smallest absolute Gasteiger partial charge is 0.416 e.